The molecule has 1 saturated heterocycles. The fourth-order valence-electron chi connectivity index (χ4n) is 1.86. The van der Waals surface area contributed by atoms with Crippen LogP contribution in [0.5, 0.6) is 0 Å². The van der Waals surface area contributed by atoms with Gasteiger partial charge in [0, 0.05) is 19.3 Å². The van der Waals surface area contributed by atoms with E-state index in [1.54, 1.807) is 6.26 Å². The van der Waals surface area contributed by atoms with E-state index in [4.69, 9.17) is 0 Å². The maximum absolute atomic E-state index is 11.1. The quantitative estimate of drug-likeness (QED) is 0.663. The normalized spacial score (nSPS) is 24.2. The molecule has 0 aromatic carbocycles. The summed E-state index contributed by atoms with van der Waals surface area (Å²) in [7, 11) is -0.738. The van der Waals surface area contributed by atoms with E-state index in [0.717, 1.165) is 19.0 Å². The molecule has 1 unspecified atom stereocenters. The van der Waals surface area contributed by atoms with E-state index in [0.29, 0.717) is 0 Å². The second kappa shape index (κ2) is 4.97. The standard InChI is InChI=1S/C9H19NOS/c1-3-4-9-5-7-10(8-6-9)12(2)11/h9H,3-8H2,1-2H3. The molecule has 1 rings (SSSR count). The van der Waals surface area contributed by atoms with Gasteiger partial charge in [-0.1, -0.05) is 19.8 Å². The van der Waals surface area contributed by atoms with Crippen molar-refractivity contribution in [3.63, 3.8) is 0 Å². The first-order valence-electron chi connectivity index (χ1n) is 4.82. The predicted molar refractivity (Wildman–Crippen MR) is 53.3 cm³/mol. The van der Waals surface area contributed by atoms with Crippen LogP contribution in [0.15, 0.2) is 0 Å². The number of hydrogen-bond acceptors (Lipinski definition) is 1. The Balaban J connectivity index is 2.25. The van der Waals surface area contributed by atoms with E-state index in [1.807, 2.05) is 0 Å². The summed E-state index contributed by atoms with van der Waals surface area (Å²) >= 11 is 0. The van der Waals surface area contributed by atoms with Gasteiger partial charge in [0.1, 0.15) is 0 Å². The zero-order valence-electron chi connectivity index (χ0n) is 8.08. The summed E-state index contributed by atoms with van der Waals surface area (Å²) in [6.07, 6.45) is 6.91. The Morgan fingerprint density at radius 3 is 2.42 bits per heavy atom. The highest BCUT2D eigenvalue weighted by Gasteiger charge is 2.19. The van der Waals surface area contributed by atoms with E-state index >= 15 is 0 Å². The van der Waals surface area contributed by atoms with E-state index < -0.39 is 11.0 Å². The molecule has 1 aliphatic heterocycles. The molecule has 1 fully saturated rings. The summed E-state index contributed by atoms with van der Waals surface area (Å²) in [6, 6.07) is 0. The van der Waals surface area contributed by atoms with Crippen LogP contribution in [0.1, 0.15) is 32.6 Å². The van der Waals surface area contributed by atoms with Gasteiger partial charge in [0.05, 0.1) is 11.0 Å². The maximum atomic E-state index is 11.1. The van der Waals surface area contributed by atoms with Gasteiger partial charge in [-0.25, -0.2) is 8.51 Å². The van der Waals surface area contributed by atoms with Gasteiger partial charge in [-0.05, 0) is 18.8 Å². The van der Waals surface area contributed by atoms with Gasteiger partial charge in [-0.2, -0.15) is 0 Å². The molecule has 0 aromatic heterocycles. The lowest BCUT2D eigenvalue weighted by Crippen LogP contribution is -2.34. The smallest absolute Gasteiger partial charge is 0.0910 e. The first-order valence-corrected chi connectivity index (χ1v) is 6.34. The van der Waals surface area contributed by atoms with E-state index in [1.165, 1.54) is 25.7 Å². The fourth-order valence-corrected chi connectivity index (χ4v) is 2.59. The molecule has 1 aliphatic rings. The average Bonchev–Trinajstić information content (AvgIpc) is 2.06. The van der Waals surface area contributed by atoms with Crippen LogP contribution in [0.25, 0.3) is 0 Å². The maximum Gasteiger partial charge on any atom is 0.0910 e. The average molecular weight is 189 g/mol. The van der Waals surface area contributed by atoms with Gasteiger partial charge < -0.3 is 0 Å². The third-order valence-electron chi connectivity index (χ3n) is 2.63. The molecule has 0 amide bonds. The van der Waals surface area contributed by atoms with E-state index in [-0.39, 0.29) is 0 Å². The van der Waals surface area contributed by atoms with Crippen LogP contribution in [0.4, 0.5) is 0 Å². The van der Waals surface area contributed by atoms with Crippen molar-refractivity contribution in [1.82, 2.24) is 4.31 Å². The Morgan fingerprint density at radius 2 is 2.00 bits per heavy atom. The monoisotopic (exact) mass is 189 g/mol. The first-order chi connectivity index (χ1) is 5.74. The molecule has 3 heteroatoms. The van der Waals surface area contributed by atoms with E-state index in [2.05, 4.69) is 11.2 Å². The van der Waals surface area contributed by atoms with Crippen molar-refractivity contribution in [3.05, 3.63) is 0 Å². The van der Waals surface area contributed by atoms with Crippen molar-refractivity contribution in [3.8, 4) is 0 Å². The van der Waals surface area contributed by atoms with Gasteiger partial charge in [0.25, 0.3) is 0 Å². The Bertz CT molecular complexity index is 153. The molecule has 0 aliphatic carbocycles. The van der Waals surface area contributed by atoms with Crippen LogP contribution in [0, 0.1) is 5.92 Å². The van der Waals surface area contributed by atoms with Crippen molar-refractivity contribution in [1.29, 1.82) is 0 Å². The van der Waals surface area contributed by atoms with Gasteiger partial charge in [0.2, 0.25) is 0 Å². The molecule has 72 valence electrons. The van der Waals surface area contributed by atoms with Gasteiger partial charge >= 0.3 is 0 Å². The number of piperidine rings is 1. The third-order valence-corrected chi connectivity index (χ3v) is 3.73. The lowest BCUT2D eigenvalue weighted by Gasteiger charge is -2.29. The Kier molecular flexibility index (Phi) is 4.22. The molecule has 1 atom stereocenters. The van der Waals surface area contributed by atoms with Crippen LogP contribution in [-0.4, -0.2) is 27.9 Å². The molecule has 0 radical (unpaired) electrons. The van der Waals surface area contributed by atoms with Crippen LogP contribution in [0.2, 0.25) is 0 Å². The highest BCUT2D eigenvalue weighted by atomic mass is 32.2. The predicted octanol–water partition coefficient (Wildman–Crippen LogP) is 1.79. The number of nitrogens with zero attached hydrogens (tertiary/aromatic N) is 1. The van der Waals surface area contributed by atoms with Crippen LogP contribution < -0.4 is 0 Å². The minimum atomic E-state index is -0.738. The van der Waals surface area contributed by atoms with Crippen molar-refractivity contribution in [2.45, 2.75) is 32.6 Å². The van der Waals surface area contributed by atoms with Gasteiger partial charge in [-0.15, -0.1) is 0 Å². The first kappa shape index (κ1) is 10.2. The van der Waals surface area contributed by atoms with Gasteiger partial charge in [-0.3, -0.25) is 0 Å². The Morgan fingerprint density at radius 1 is 1.42 bits per heavy atom. The number of rotatable bonds is 3. The molecule has 0 aromatic rings. The molecule has 12 heavy (non-hydrogen) atoms. The van der Waals surface area contributed by atoms with Crippen molar-refractivity contribution >= 4 is 11.0 Å². The molecule has 2 nitrogen and oxygen atoms in total. The van der Waals surface area contributed by atoms with Crippen molar-refractivity contribution in [2.24, 2.45) is 5.92 Å². The Hall–Kier alpha value is 0.110. The largest absolute Gasteiger partial charge is 0.243 e. The summed E-state index contributed by atoms with van der Waals surface area (Å²) in [5.74, 6) is 0.898. The summed E-state index contributed by atoms with van der Waals surface area (Å²) in [6.45, 7) is 4.31. The zero-order chi connectivity index (χ0) is 8.97. The third kappa shape index (κ3) is 2.87. The second-order valence-electron chi connectivity index (χ2n) is 3.58. The zero-order valence-corrected chi connectivity index (χ0v) is 8.90. The highest BCUT2D eigenvalue weighted by Crippen LogP contribution is 2.21. The SMILES string of the molecule is CCCC1CCN(S(C)=O)CC1. The molecule has 0 N–H and O–H groups in total. The highest BCUT2D eigenvalue weighted by molar-refractivity contribution is 7.81. The molecule has 1 heterocycles. The van der Waals surface area contributed by atoms with Crippen LogP contribution >= 0.6 is 0 Å². The van der Waals surface area contributed by atoms with E-state index in [9.17, 15) is 4.21 Å². The molecular weight excluding hydrogens is 170 g/mol. The van der Waals surface area contributed by atoms with Crippen molar-refractivity contribution < 1.29 is 4.21 Å². The van der Waals surface area contributed by atoms with Crippen LogP contribution in [0.3, 0.4) is 0 Å². The summed E-state index contributed by atoms with van der Waals surface area (Å²) in [4.78, 5) is 0. The topological polar surface area (TPSA) is 20.3 Å². The number of hydrogen-bond donors (Lipinski definition) is 0. The molecule has 0 bridgehead atoms. The lowest BCUT2D eigenvalue weighted by atomic mass is 9.94. The van der Waals surface area contributed by atoms with Gasteiger partial charge in [0.15, 0.2) is 0 Å². The molecule has 0 spiro atoms. The Labute approximate surface area is 77.9 Å². The fraction of sp³-hybridized carbons (Fsp3) is 1.00. The van der Waals surface area contributed by atoms with Crippen molar-refractivity contribution in [2.75, 3.05) is 19.3 Å². The summed E-state index contributed by atoms with van der Waals surface area (Å²) < 4.78 is 13.2. The lowest BCUT2D eigenvalue weighted by molar-refractivity contribution is 0.271. The minimum absolute atomic E-state index is 0.738. The summed E-state index contributed by atoms with van der Waals surface area (Å²) in [5, 5.41) is 0. The summed E-state index contributed by atoms with van der Waals surface area (Å²) in [5.41, 5.74) is 0. The second-order valence-corrected chi connectivity index (χ2v) is 4.95. The van der Waals surface area contributed by atoms with Crippen LogP contribution in [-0.2, 0) is 11.0 Å². The molecular formula is C9H19NOS. The minimum Gasteiger partial charge on any atom is -0.243 e. The molecule has 0 saturated carbocycles.